The standard InChI is InChI=1S/C29H31Cl2N3O2/c1-21-19-24(14-15-25(21)31)36-18-17-34-27-8-5-4-7-26(27)33-28(34)9-3-2-6-16-32-29(35)20-22-10-12-23(30)13-11-22/h4-5,7-8,10-15,19H,2-3,6,9,16-18,20H2,1H3,(H,32,35). The predicted octanol–water partition coefficient (Wildman–Crippen LogP) is 6.80. The number of hydrogen-bond acceptors (Lipinski definition) is 3. The normalized spacial score (nSPS) is 11.1. The zero-order chi connectivity index (χ0) is 25.3. The van der Waals surface area contributed by atoms with E-state index in [-0.39, 0.29) is 5.91 Å². The number of nitrogens with zero attached hydrogens (tertiary/aromatic N) is 2. The van der Waals surface area contributed by atoms with Crippen molar-refractivity contribution in [3.05, 3.63) is 93.7 Å². The van der Waals surface area contributed by atoms with E-state index in [9.17, 15) is 4.79 Å². The fraction of sp³-hybridized carbons (Fsp3) is 0.310. The number of fused-ring (bicyclic) bond motifs is 1. The number of benzene rings is 3. The summed E-state index contributed by atoms with van der Waals surface area (Å²) in [5, 5.41) is 4.43. The van der Waals surface area contributed by atoms with Gasteiger partial charge in [0.1, 0.15) is 18.2 Å². The number of carbonyl (C=O) groups excluding carboxylic acids is 1. The van der Waals surface area contributed by atoms with Crippen molar-refractivity contribution in [3.63, 3.8) is 0 Å². The minimum Gasteiger partial charge on any atom is -0.492 e. The molecule has 1 amide bonds. The number of halogens is 2. The van der Waals surface area contributed by atoms with Gasteiger partial charge in [0.05, 0.1) is 24.0 Å². The second-order valence-electron chi connectivity index (χ2n) is 8.89. The molecule has 0 unspecified atom stereocenters. The number of imidazole rings is 1. The largest absolute Gasteiger partial charge is 0.492 e. The van der Waals surface area contributed by atoms with Gasteiger partial charge in [-0.05, 0) is 73.4 Å². The van der Waals surface area contributed by atoms with Crippen LogP contribution in [0.25, 0.3) is 11.0 Å². The number of carbonyl (C=O) groups is 1. The van der Waals surface area contributed by atoms with Gasteiger partial charge < -0.3 is 14.6 Å². The molecule has 1 aromatic heterocycles. The van der Waals surface area contributed by atoms with E-state index in [2.05, 4.69) is 22.0 Å². The Morgan fingerprint density at radius 2 is 1.81 bits per heavy atom. The van der Waals surface area contributed by atoms with Crippen LogP contribution in [0.1, 0.15) is 36.2 Å². The van der Waals surface area contributed by atoms with E-state index in [1.165, 1.54) is 0 Å². The third-order valence-electron chi connectivity index (χ3n) is 6.12. The SMILES string of the molecule is Cc1cc(OCCn2c(CCCCCNC(=O)Cc3ccc(Cl)cc3)nc3ccccc32)ccc1Cl. The van der Waals surface area contributed by atoms with Crippen molar-refractivity contribution in [2.24, 2.45) is 0 Å². The summed E-state index contributed by atoms with van der Waals surface area (Å²) in [5.74, 6) is 1.93. The number of ether oxygens (including phenoxy) is 1. The summed E-state index contributed by atoms with van der Waals surface area (Å²) in [6.45, 7) is 3.92. The number of para-hydroxylation sites is 2. The molecule has 1 heterocycles. The maximum absolute atomic E-state index is 12.2. The summed E-state index contributed by atoms with van der Waals surface area (Å²) in [5.41, 5.74) is 4.09. The van der Waals surface area contributed by atoms with Gasteiger partial charge in [0.2, 0.25) is 5.91 Å². The van der Waals surface area contributed by atoms with Crippen molar-refractivity contribution in [2.45, 2.75) is 45.6 Å². The minimum atomic E-state index is 0.0370. The van der Waals surface area contributed by atoms with Crippen molar-refractivity contribution in [1.82, 2.24) is 14.9 Å². The van der Waals surface area contributed by atoms with Crippen LogP contribution < -0.4 is 10.1 Å². The maximum Gasteiger partial charge on any atom is 0.224 e. The van der Waals surface area contributed by atoms with Crippen LogP contribution in [0.2, 0.25) is 10.0 Å². The van der Waals surface area contributed by atoms with Gasteiger partial charge in [-0.1, -0.05) is 53.9 Å². The van der Waals surface area contributed by atoms with Crippen LogP contribution in [-0.4, -0.2) is 28.6 Å². The topological polar surface area (TPSA) is 56.1 Å². The summed E-state index contributed by atoms with van der Waals surface area (Å²) >= 11 is 12.0. The molecule has 0 fully saturated rings. The monoisotopic (exact) mass is 523 g/mol. The van der Waals surface area contributed by atoms with Crippen LogP contribution in [0, 0.1) is 6.92 Å². The van der Waals surface area contributed by atoms with Gasteiger partial charge in [0.25, 0.3) is 0 Å². The molecule has 7 heteroatoms. The zero-order valence-corrected chi connectivity index (χ0v) is 22.0. The van der Waals surface area contributed by atoms with E-state index >= 15 is 0 Å². The number of rotatable bonds is 12. The Kier molecular flexibility index (Phi) is 9.26. The van der Waals surface area contributed by atoms with Crippen molar-refractivity contribution in [1.29, 1.82) is 0 Å². The van der Waals surface area contributed by atoms with Crippen molar-refractivity contribution < 1.29 is 9.53 Å². The Labute approximate surface area is 222 Å². The molecule has 1 N–H and O–H groups in total. The summed E-state index contributed by atoms with van der Waals surface area (Å²) in [4.78, 5) is 17.0. The van der Waals surface area contributed by atoms with Crippen LogP contribution >= 0.6 is 23.2 Å². The molecule has 0 atom stereocenters. The molecule has 4 rings (SSSR count). The Balaban J connectivity index is 1.24. The van der Waals surface area contributed by atoms with Crippen LogP contribution in [-0.2, 0) is 24.2 Å². The van der Waals surface area contributed by atoms with Crippen LogP contribution in [0.15, 0.2) is 66.7 Å². The predicted molar refractivity (Wildman–Crippen MR) is 147 cm³/mol. The quantitative estimate of drug-likeness (QED) is 0.207. The van der Waals surface area contributed by atoms with Gasteiger partial charge in [-0.3, -0.25) is 4.79 Å². The molecule has 0 aliphatic heterocycles. The van der Waals surface area contributed by atoms with E-state index in [0.29, 0.717) is 24.6 Å². The highest BCUT2D eigenvalue weighted by Gasteiger charge is 2.11. The Bertz CT molecular complexity index is 1300. The van der Waals surface area contributed by atoms with E-state index in [0.717, 1.165) is 71.0 Å². The molecule has 0 radical (unpaired) electrons. The lowest BCUT2D eigenvalue weighted by atomic mass is 10.1. The molecule has 0 spiro atoms. The lowest BCUT2D eigenvalue weighted by Gasteiger charge is -2.12. The number of nitrogens with one attached hydrogen (secondary N) is 1. The first-order valence-corrected chi connectivity index (χ1v) is 13.1. The van der Waals surface area contributed by atoms with Gasteiger partial charge in [0.15, 0.2) is 0 Å². The molecule has 0 aliphatic rings. The smallest absolute Gasteiger partial charge is 0.224 e. The number of aromatic nitrogens is 2. The van der Waals surface area contributed by atoms with Gasteiger partial charge in [-0.2, -0.15) is 0 Å². The Morgan fingerprint density at radius 3 is 2.61 bits per heavy atom. The van der Waals surface area contributed by atoms with E-state index in [4.69, 9.17) is 32.9 Å². The van der Waals surface area contributed by atoms with Crippen LogP contribution in [0.3, 0.4) is 0 Å². The molecule has 4 aromatic rings. The molecule has 0 bridgehead atoms. The molecule has 188 valence electrons. The maximum atomic E-state index is 12.2. The van der Waals surface area contributed by atoms with Crippen LogP contribution in [0.5, 0.6) is 5.75 Å². The molecule has 36 heavy (non-hydrogen) atoms. The highest BCUT2D eigenvalue weighted by atomic mass is 35.5. The van der Waals surface area contributed by atoms with E-state index < -0.39 is 0 Å². The van der Waals surface area contributed by atoms with E-state index in [1.807, 2.05) is 61.5 Å². The van der Waals surface area contributed by atoms with Crippen molar-refractivity contribution in [3.8, 4) is 5.75 Å². The fourth-order valence-corrected chi connectivity index (χ4v) is 4.43. The van der Waals surface area contributed by atoms with Crippen molar-refractivity contribution >= 4 is 40.1 Å². The Morgan fingerprint density at radius 1 is 1.00 bits per heavy atom. The summed E-state index contributed by atoms with van der Waals surface area (Å²) in [7, 11) is 0. The average molecular weight is 524 g/mol. The first kappa shape index (κ1) is 26.1. The summed E-state index contributed by atoms with van der Waals surface area (Å²) < 4.78 is 8.25. The second kappa shape index (κ2) is 12.8. The van der Waals surface area contributed by atoms with Gasteiger partial charge in [-0.25, -0.2) is 4.98 Å². The highest BCUT2D eigenvalue weighted by molar-refractivity contribution is 6.31. The third kappa shape index (κ3) is 7.25. The molecular formula is C29H31Cl2N3O2. The molecule has 0 saturated heterocycles. The average Bonchev–Trinajstić information content (AvgIpc) is 3.22. The molecule has 3 aromatic carbocycles. The number of unbranched alkanes of at least 4 members (excludes halogenated alkanes) is 2. The van der Waals surface area contributed by atoms with Gasteiger partial charge in [-0.15, -0.1) is 0 Å². The summed E-state index contributed by atoms with van der Waals surface area (Å²) in [6.07, 6.45) is 4.22. The lowest BCUT2D eigenvalue weighted by Crippen LogP contribution is -2.26. The minimum absolute atomic E-state index is 0.0370. The highest BCUT2D eigenvalue weighted by Crippen LogP contribution is 2.22. The number of hydrogen-bond donors (Lipinski definition) is 1. The molecule has 5 nitrogen and oxygen atoms in total. The molecule has 0 aliphatic carbocycles. The summed E-state index contributed by atoms with van der Waals surface area (Å²) in [6, 6.07) is 21.3. The van der Waals surface area contributed by atoms with E-state index in [1.54, 1.807) is 0 Å². The second-order valence-corrected chi connectivity index (χ2v) is 9.74. The van der Waals surface area contributed by atoms with Crippen LogP contribution in [0.4, 0.5) is 0 Å². The number of aryl methyl sites for hydroxylation is 2. The van der Waals surface area contributed by atoms with Gasteiger partial charge >= 0.3 is 0 Å². The molecule has 0 saturated carbocycles. The van der Waals surface area contributed by atoms with Gasteiger partial charge in [0, 0.05) is 23.0 Å². The Hall–Kier alpha value is -3.02. The van der Waals surface area contributed by atoms with Crippen molar-refractivity contribution in [2.75, 3.05) is 13.2 Å². The number of amides is 1. The first-order valence-electron chi connectivity index (χ1n) is 12.3. The zero-order valence-electron chi connectivity index (χ0n) is 20.5. The third-order valence-corrected chi connectivity index (χ3v) is 6.80. The first-order chi connectivity index (χ1) is 17.5. The molecular weight excluding hydrogens is 493 g/mol. The fourth-order valence-electron chi connectivity index (χ4n) is 4.19. The lowest BCUT2D eigenvalue weighted by molar-refractivity contribution is -0.120.